The molecule has 4 nitrogen and oxygen atoms in total. The molecular formula is C25H36O4. The van der Waals surface area contributed by atoms with Gasteiger partial charge >= 0.3 is 11.9 Å². The van der Waals surface area contributed by atoms with Crippen LogP contribution in [0.25, 0.3) is 0 Å². The van der Waals surface area contributed by atoms with Gasteiger partial charge < -0.3 is 9.47 Å². The lowest BCUT2D eigenvalue weighted by Crippen LogP contribution is -2.54. The summed E-state index contributed by atoms with van der Waals surface area (Å²) >= 11 is 0. The fourth-order valence-electron chi connectivity index (χ4n) is 8.76. The summed E-state index contributed by atoms with van der Waals surface area (Å²) < 4.78 is 10.9. The molecule has 4 saturated carbocycles. The lowest BCUT2D eigenvalue weighted by atomic mass is 9.44. The molecule has 0 radical (unpaired) electrons. The Kier molecular flexibility index (Phi) is 4.64. The molecule has 0 aromatic rings. The largest absolute Gasteiger partial charge is 0.463 e. The van der Waals surface area contributed by atoms with Crippen LogP contribution in [0.1, 0.15) is 78.6 Å². The van der Waals surface area contributed by atoms with E-state index in [9.17, 15) is 9.59 Å². The van der Waals surface area contributed by atoms with Crippen LogP contribution >= 0.6 is 0 Å². The number of carbonyl (C=O) groups excluding carboxylic acids is 2. The third-order valence-corrected chi connectivity index (χ3v) is 10.1. The van der Waals surface area contributed by atoms with E-state index in [0.29, 0.717) is 29.3 Å². The minimum absolute atomic E-state index is 0.124. The summed E-state index contributed by atoms with van der Waals surface area (Å²) in [7, 11) is 0. The molecule has 160 valence electrons. The summed E-state index contributed by atoms with van der Waals surface area (Å²) in [6.07, 6.45) is 13.0. The summed E-state index contributed by atoms with van der Waals surface area (Å²) in [5.41, 5.74) is 2.00. The van der Waals surface area contributed by atoms with E-state index in [1.807, 2.05) is 0 Å². The van der Waals surface area contributed by atoms with Gasteiger partial charge in [0.15, 0.2) is 0 Å². The Morgan fingerprint density at radius 3 is 2.52 bits per heavy atom. The topological polar surface area (TPSA) is 52.6 Å². The normalized spacial score (nSPS) is 48.8. The highest BCUT2D eigenvalue weighted by atomic mass is 16.5. The standard InChI is InChI=1S/C25H36O4/c1-15(26)29-18-8-10-24(2)17(13-18)4-5-19-21-7-6-20(16-12-23(27)28-14-16)25(21,3)11-9-22(19)24/h12,17-22H,4-11,13-14H2,1-3H3. The first-order valence-electron chi connectivity index (χ1n) is 11.9. The zero-order valence-corrected chi connectivity index (χ0v) is 18.2. The molecule has 8 atom stereocenters. The fraction of sp³-hybridized carbons (Fsp3) is 0.840. The van der Waals surface area contributed by atoms with E-state index >= 15 is 0 Å². The van der Waals surface area contributed by atoms with Gasteiger partial charge in [-0.05, 0) is 104 Å². The highest BCUT2D eigenvalue weighted by Crippen LogP contribution is 2.68. The quantitative estimate of drug-likeness (QED) is 0.608. The van der Waals surface area contributed by atoms with Gasteiger partial charge in [0.2, 0.25) is 0 Å². The molecule has 0 aromatic carbocycles. The van der Waals surface area contributed by atoms with Gasteiger partial charge in [0.05, 0.1) is 0 Å². The summed E-state index contributed by atoms with van der Waals surface area (Å²) in [5, 5.41) is 0. The molecular weight excluding hydrogens is 364 g/mol. The van der Waals surface area contributed by atoms with Crippen LogP contribution in [0.4, 0.5) is 0 Å². The lowest BCUT2D eigenvalue weighted by Gasteiger charge is -2.61. The van der Waals surface area contributed by atoms with Crippen molar-refractivity contribution in [2.24, 2.45) is 40.4 Å². The zero-order valence-electron chi connectivity index (χ0n) is 18.2. The maximum atomic E-state index is 11.7. The van der Waals surface area contributed by atoms with E-state index in [1.165, 1.54) is 50.5 Å². The van der Waals surface area contributed by atoms with E-state index in [2.05, 4.69) is 13.8 Å². The van der Waals surface area contributed by atoms with Crippen LogP contribution in [-0.2, 0) is 19.1 Å². The van der Waals surface area contributed by atoms with E-state index in [0.717, 1.165) is 30.6 Å². The third kappa shape index (κ3) is 2.99. The summed E-state index contributed by atoms with van der Waals surface area (Å²) in [4.78, 5) is 23.1. The minimum Gasteiger partial charge on any atom is -0.463 e. The van der Waals surface area contributed by atoms with Gasteiger partial charge in [0.25, 0.3) is 0 Å². The molecule has 5 rings (SSSR count). The van der Waals surface area contributed by atoms with Crippen molar-refractivity contribution < 1.29 is 19.1 Å². The van der Waals surface area contributed by atoms with Crippen molar-refractivity contribution >= 4 is 11.9 Å². The summed E-state index contributed by atoms with van der Waals surface area (Å²) in [6, 6.07) is 0. The van der Waals surface area contributed by atoms with Crippen molar-refractivity contribution in [1.29, 1.82) is 0 Å². The smallest absolute Gasteiger partial charge is 0.331 e. The first kappa shape index (κ1) is 19.6. The molecule has 0 amide bonds. The highest BCUT2D eigenvalue weighted by Gasteiger charge is 2.60. The SMILES string of the molecule is CC(=O)OC1CCC2(C)C(CCC3C2CCC2(C)C(C4=CC(=O)OC4)CCC32)C1. The first-order valence-corrected chi connectivity index (χ1v) is 11.9. The van der Waals surface area contributed by atoms with Crippen LogP contribution in [0, 0.1) is 40.4 Å². The van der Waals surface area contributed by atoms with E-state index < -0.39 is 0 Å². The second-order valence-electron chi connectivity index (χ2n) is 11.2. The maximum absolute atomic E-state index is 11.7. The van der Waals surface area contributed by atoms with E-state index in [1.54, 1.807) is 13.0 Å². The van der Waals surface area contributed by atoms with Crippen LogP contribution in [0.5, 0.6) is 0 Å². The second-order valence-corrected chi connectivity index (χ2v) is 11.2. The Bertz CT molecular complexity index is 741. The number of ether oxygens (including phenoxy) is 2. The van der Waals surface area contributed by atoms with Gasteiger partial charge in [-0.25, -0.2) is 4.79 Å². The van der Waals surface area contributed by atoms with Crippen molar-refractivity contribution in [3.63, 3.8) is 0 Å². The Labute approximate surface area is 174 Å². The molecule has 8 unspecified atom stereocenters. The Balaban J connectivity index is 1.35. The number of hydrogen-bond acceptors (Lipinski definition) is 4. The molecule has 0 saturated heterocycles. The predicted octanol–water partition coefficient (Wildman–Crippen LogP) is 5.06. The molecule has 4 fully saturated rings. The Morgan fingerprint density at radius 2 is 1.79 bits per heavy atom. The molecule has 1 aliphatic heterocycles. The fourth-order valence-corrected chi connectivity index (χ4v) is 8.76. The molecule has 5 aliphatic rings. The number of rotatable bonds is 2. The van der Waals surface area contributed by atoms with Crippen molar-refractivity contribution in [1.82, 2.24) is 0 Å². The number of carbonyl (C=O) groups is 2. The van der Waals surface area contributed by atoms with Gasteiger partial charge in [0.1, 0.15) is 12.7 Å². The molecule has 0 bridgehead atoms. The van der Waals surface area contributed by atoms with E-state index in [4.69, 9.17) is 9.47 Å². The number of esters is 2. The maximum Gasteiger partial charge on any atom is 0.331 e. The first-order chi connectivity index (χ1) is 13.8. The van der Waals surface area contributed by atoms with Crippen LogP contribution in [0.15, 0.2) is 11.6 Å². The molecule has 0 spiro atoms. The van der Waals surface area contributed by atoms with Crippen LogP contribution in [0.3, 0.4) is 0 Å². The second kappa shape index (κ2) is 6.85. The van der Waals surface area contributed by atoms with Crippen molar-refractivity contribution in [2.45, 2.75) is 84.7 Å². The number of fused-ring (bicyclic) bond motifs is 5. The van der Waals surface area contributed by atoms with Crippen molar-refractivity contribution in [3.05, 3.63) is 11.6 Å². The van der Waals surface area contributed by atoms with Gasteiger partial charge in [-0.1, -0.05) is 13.8 Å². The Morgan fingerprint density at radius 1 is 1.03 bits per heavy atom. The average Bonchev–Trinajstić information content (AvgIpc) is 3.24. The Hall–Kier alpha value is -1.32. The summed E-state index contributed by atoms with van der Waals surface area (Å²) in [6.45, 7) is 7.14. The molecule has 29 heavy (non-hydrogen) atoms. The summed E-state index contributed by atoms with van der Waals surface area (Å²) in [5.74, 6) is 3.39. The third-order valence-electron chi connectivity index (χ3n) is 10.1. The highest BCUT2D eigenvalue weighted by molar-refractivity contribution is 5.85. The van der Waals surface area contributed by atoms with Gasteiger partial charge in [-0.15, -0.1) is 0 Å². The van der Waals surface area contributed by atoms with Gasteiger partial charge in [-0.3, -0.25) is 4.79 Å². The van der Waals surface area contributed by atoms with Crippen LogP contribution in [-0.4, -0.2) is 24.6 Å². The molecule has 1 heterocycles. The monoisotopic (exact) mass is 400 g/mol. The van der Waals surface area contributed by atoms with Crippen LogP contribution in [0.2, 0.25) is 0 Å². The number of hydrogen-bond donors (Lipinski definition) is 0. The van der Waals surface area contributed by atoms with E-state index in [-0.39, 0.29) is 18.0 Å². The van der Waals surface area contributed by atoms with Crippen molar-refractivity contribution in [3.8, 4) is 0 Å². The molecule has 4 aliphatic carbocycles. The number of cyclic esters (lactones) is 1. The predicted molar refractivity (Wildman–Crippen MR) is 110 cm³/mol. The molecule has 0 N–H and O–H groups in total. The van der Waals surface area contributed by atoms with Crippen LogP contribution < -0.4 is 0 Å². The zero-order chi connectivity index (χ0) is 20.4. The van der Waals surface area contributed by atoms with Crippen molar-refractivity contribution in [2.75, 3.05) is 6.61 Å². The average molecular weight is 401 g/mol. The molecule has 0 aromatic heterocycles. The lowest BCUT2D eigenvalue weighted by molar-refractivity contribution is -0.159. The van der Waals surface area contributed by atoms with Gasteiger partial charge in [-0.2, -0.15) is 0 Å². The van der Waals surface area contributed by atoms with Gasteiger partial charge in [0, 0.05) is 13.0 Å². The minimum atomic E-state index is -0.140. The molecule has 4 heteroatoms.